The van der Waals surface area contributed by atoms with E-state index in [1.165, 1.54) is 15.0 Å². The average Bonchev–Trinajstić information content (AvgIpc) is 3.18. The maximum atomic E-state index is 6.10. The van der Waals surface area contributed by atoms with Gasteiger partial charge in [-0.05, 0) is 26.3 Å². The molecule has 106 valence electrons. The molecule has 1 aromatic rings. The fourth-order valence-corrected chi connectivity index (χ4v) is 6.44. The minimum atomic E-state index is -2.44. The van der Waals surface area contributed by atoms with Crippen molar-refractivity contribution in [2.75, 3.05) is 26.1 Å². The second-order valence-electron chi connectivity index (χ2n) is 4.41. The summed E-state index contributed by atoms with van der Waals surface area (Å²) < 4.78 is 18.0. The summed E-state index contributed by atoms with van der Waals surface area (Å²) >= 11 is 1.82. The van der Waals surface area contributed by atoms with E-state index >= 15 is 0 Å². The van der Waals surface area contributed by atoms with Crippen LogP contribution in [0, 0.1) is 0 Å². The molecule has 0 saturated carbocycles. The van der Waals surface area contributed by atoms with Crippen molar-refractivity contribution < 1.29 is 13.6 Å². The van der Waals surface area contributed by atoms with Crippen LogP contribution in [-0.2, 0) is 13.6 Å². The van der Waals surface area contributed by atoms with Gasteiger partial charge in [-0.15, -0.1) is 0 Å². The van der Waals surface area contributed by atoms with Gasteiger partial charge in [-0.2, -0.15) is 0 Å². The van der Waals surface area contributed by atoms with E-state index in [4.69, 9.17) is 13.6 Å². The summed E-state index contributed by atoms with van der Waals surface area (Å²) in [5, 5.41) is 1.25. The van der Waals surface area contributed by atoms with Crippen molar-refractivity contribution >= 4 is 25.5 Å². The van der Waals surface area contributed by atoms with E-state index in [2.05, 4.69) is 25.1 Å². The Labute approximate surface area is 120 Å². The van der Waals surface area contributed by atoms with Crippen LogP contribution in [0.2, 0.25) is 0 Å². The molecule has 0 atom stereocenters. The molecule has 0 radical (unpaired) electrons. The molecular weight excluding hydrogens is 276 g/mol. The van der Waals surface area contributed by atoms with Gasteiger partial charge < -0.3 is 13.6 Å². The lowest BCUT2D eigenvalue weighted by atomic mass is 10.4. The molecule has 1 aliphatic heterocycles. The summed E-state index contributed by atoms with van der Waals surface area (Å²) in [6.45, 7) is 8.25. The molecule has 0 bridgehead atoms. The third kappa shape index (κ3) is 3.41. The number of fused-ring (bicyclic) bond motifs is 1. The lowest BCUT2D eigenvalue weighted by Crippen LogP contribution is -2.58. The Morgan fingerprint density at radius 3 is 2.47 bits per heavy atom. The van der Waals surface area contributed by atoms with Crippen LogP contribution in [0.15, 0.2) is 28.0 Å². The van der Waals surface area contributed by atoms with Gasteiger partial charge in [0, 0.05) is 34.8 Å². The van der Waals surface area contributed by atoms with E-state index in [0.29, 0.717) is 19.4 Å². The van der Waals surface area contributed by atoms with Gasteiger partial charge in [0.05, 0.1) is 6.23 Å². The molecule has 2 rings (SSSR count). The Morgan fingerprint density at radius 2 is 1.84 bits per heavy atom. The highest BCUT2D eigenvalue weighted by molar-refractivity contribution is 8.05. The van der Waals surface area contributed by atoms with Crippen LogP contribution in [0.1, 0.15) is 27.2 Å². The predicted molar refractivity (Wildman–Crippen MR) is 80.3 cm³/mol. The molecule has 0 N–H and O–H groups in total. The zero-order valence-corrected chi connectivity index (χ0v) is 13.7. The van der Waals surface area contributed by atoms with Gasteiger partial charge in [-0.1, -0.05) is 30.8 Å². The molecule has 19 heavy (non-hydrogen) atoms. The molecule has 0 spiro atoms. The minimum absolute atomic E-state index is 0.583. The van der Waals surface area contributed by atoms with Crippen LogP contribution in [0.25, 0.3) is 0 Å². The molecule has 0 aliphatic carbocycles. The van der Waals surface area contributed by atoms with Crippen LogP contribution in [0.3, 0.4) is 0 Å². The number of benzene rings is 1. The van der Waals surface area contributed by atoms with Crippen LogP contribution in [-0.4, -0.2) is 34.6 Å². The molecule has 0 aromatic heterocycles. The van der Waals surface area contributed by atoms with Gasteiger partial charge in [0.2, 0.25) is 0 Å². The highest BCUT2D eigenvalue weighted by Crippen LogP contribution is 2.47. The van der Waals surface area contributed by atoms with Crippen molar-refractivity contribution in [1.82, 2.24) is 0 Å². The minimum Gasteiger partial charge on any atom is -0.390 e. The molecule has 5 heteroatoms. The van der Waals surface area contributed by atoms with Crippen molar-refractivity contribution in [2.24, 2.45) is 0 Å². The Bertz CT molecular complexity index is 419. The van der Waals surface area contributed by atoms with Crippen molar-refractivity contribution in [1.29, 1.82) is 0 Å². The Morgan fingerprint density at radius 1 is 1.11 bits per heavy atom. The molecule has 3 nitrogen and oxygen atoms in total. The van der Waals surface area contributed by atoms with E-state index < -0.39 is 8.56 Å². The largest absolute Gasteiger partial charge is 0.400 e. The summed E-state index contributed by atoms with van der Waals surface area (Å²) in [5.74, 6) is 0. The number of ether oxygens (including phenoxy) is 1. The number of hydrogen-bond donors (Lipinski definition) is 0. The number of hydrogen-bond acceptors (Lipinski definition) is 4. The Hall–Kier alpha value is -0.333. The third-order valence-corrected chi connectivity index (χ3v) is 7.47. The second-order valence-corrected chi connectivity index (χ2v) is 8.37. The zero-order chi connectivity index (χ0) is 13.7. The lowest BCUT2D eigenvalue weighted by molar-refractivity contribution is 0.113. The molecule has 1 aromatic carbocycles. The molecule has 0 amide bonds. The highest BCUT2D eigenvalue weighted by Gasteiger charge is 2.45. The van der Waals surface area contributed by atoms with Crippen LogP contribution in [0.5, 0.6) is 0 Å². The van der Waals surface area contributed by atoms with Gasteiger partial charge in [0.15, 0.2) is 0 Å². The van der Waals surface area contributed by atoms with Gasteiger partial charge >= 0.3 is 8.56 Å². The first-order valence-corrected chi connectivity index (χ1v) is 9.78. The first-order chi connectivity index (χ1) is 9.27. The molecule has 1 heterocycles. The quantitative estimate of drug-likeness (QED) is 0.404. The summed E-state index contributed by atoms with van der Waals surface area (Å²) in [4.78, 5) is 2.69. The van der Waals surface area contributed by atoms with E-state index in [1.807, 2.05) is 25.6 Å². The normalized spacial score (nSPS) is 13.4. The predicted octanol–water partition coefficient (Wildman–Crippen LogP) is 2.84. The summed E-state index contributed by atoms with van der Waals surface area (Å²) in [6.07, 6.45) is 1.60. The Kier molecular flexibility index (Phi) is 5.47. The molecule has 0 fully saturated rings. The van der Waals surface area contributed by atoms with Crippen molar-refractivity contribution in [3.05, 3.63) is 18.2 Å². The number of rotatable bonds is 9. The van der Waals surface area contributed by atoms with Gasteiger partial charge in [0.1, 0.15) is 0 Å². The highest BCUT2D eigenvalue weighted by atomic mass is 32.2. The van der Waals surface area contributed by atoms with Gasteiger partial charge in [-0.25, -0.2) is 0 Å². The maximum Gasteiger partial charge on any atom is 0.400 e. The molecular formula is C14H22O3SSi. The van der Waals surface area contributed by atoms with Crippen molar-refractivity contribution in [3.8, 4) is 0 Å². The third-order valence-electron chi connectivity index (χ3n) is 2.96. The average molecular weight is 298 g/mol. The van der Waals surface area contributed by atoms with E-state index in [9.17, 15) is 0 Å². The lowest BCUT2D eigenvalue weighted by Gasteiger charge is -2.29. The molecule has 1 aliphatic rings. The monoisotopic (exact) mass is 298 g/mol. The standard InChI is InChI=1S/C14H22O3SSi/c1-4-10-15-11-19(16-5-2,17-6-3)13-9-7-8-12-14(13)18-12/h7-9H,4-6,10-11H2,1-3H3. The summed E-state index contributed by atoms with van der Waals surface area (Å²) in [6, 6.07) is 6.38. The SMILES string of the molecule is CCCOC[Si](OCC)(OCC)c1cccc2c1S2. The second kappa shape index (κ2) is 6.90. The smallest absolute Gasteiger partial charge is 0.390 e. The van der Waals surface area contributed by atoms with Crippen molar-refractivity contribution in [3.63, 3.8) is 0 Å². The summed E-state index contributed by atoms with van der Waals surface area (Å²) in [7, 11) is -2.44. The van der Waals surface area contributed by atoms with Gasteiger partial charge in [-0.3, -0.25) is 0 Å². The van der Waals surface area contributed by atoms with E-state index in [1.54, 1.807) is 0 Å². The van der Waals surface area contributed by atoms with E-state index in [0.717, 1.165) is 13.0 Å². The molecule has 0 unspecified atom stereocenters. The first-order valence-electron chi connectivity index (χ1n) is 6.94. The maximum absolute atomic E-state index is 6.10. The zero-order valence-electron chi connectivity index (χ0n) is 11.9. The first kappa shape index (κ1) is 15.1. The van der Waals surface area contributed by atoms with Crippen molar-refractivity contribution in [2.45, 2.75) is 37.0 Å². The van der Waals surface area contributed by atoms with Crippen LogP contribution < -0.4 is 5.19 Å². The van der Waals surface area contributed by atoms with Crippen LogP contribution in [0.4, 0.5) is 0 Å². The topological polar surface area (TPSA) is 27.7 Å². The van der Waals surface area contributed by atoms with E-state index in [-0.39, 0.29) is 0 Å². The molecule has 0 saturated heterocycles. The van der Waals surface area contributed by atoms with Gasteiger partial charge in [0.25, 0.3) is 0 Å². The fraction of sp³-hybridized carbons (Fsp3) is 0.571. The van der Waals surface area contributed by atoms with Crippen LogP contribution >= 0.6 is 11.8 Å². The Balaban J connectivity index is 2.23. The summed E-state index contributed by atoms with van der Waals surface area (Å²) in [5.41, 5.74) is 0. The fourth-order valence-electron chi connectivity index (χ4n) is 2.16.